The highest BCUT2D eigenvalue weighted by Gasteiger charge is 2.13. The fourth-order valence-electron chi connectivity index (χ4n) is 3.10. The highest BCUT2D eigenvalue weighted by atomic mass is 79.9. The van der Waals surface area contributed by atoms with Crippen LogP contribution in [0, 0.1) is 17.1 Å². The molecule has 0 aromatic heterocycles. The van der Waals surface area contributed by atoms with Crippen LogP contribution in [0.15, 0.2) is 59.1 Å². The second-order valence-electron chi connectivity index (χ2n) is 6.69. The molecular weight excluding hydrogens is 477 g/mol. The summed E-state index contributed by atoms with van der Waals surface area (Å²) in [7, 11) is 4.63. The molecule has 0 spiro atoms. The third-order valence-corrected chi connectivity index (χ3v) is 5.24. The van der Waals surface area contributed by atoms with Gasteiger partial charge in [-0.15, -0.1) is 0 Å². The van der Waals surface area contributed by atoms with E-state index in [0.717, 1.165) is 5.56 Å². The molecule has 7 heteroatoms. The maximum Gasteiger partial charge on any atom is 0.175 e. The Morgan fingerprint density at radius 1 is 0.969 bits per heavy atom. The van der Waals surface area contributed by atoms with Crippen LogP contribution >= 0.6 is 15.9 Å². The van der Waals surface area contributed by atoms with Gasteiger partial charge in [0.05, 0.1) is 37.4 Å². The van der Waals surface area contributed by atoms with Gasteiger partial charge in [-0.3, -0.25) is 0 Å². The monoisotopic (exact) mass is 497 g/mol. The molecule has 0 radical (unpaired) electrons. The largest absolute Gasteiger partial charge is 0.493 e. The van der Waals surface area contributed by atoms with E-state index in [1.165, 1.54) is 19.2 Å². The van der Waals surface area contributed by atoms with Crippen molar-refractivity contribution in [3.8, 4) is 29.1 Å². The van der Waals surface area contributed by atoms with E-state index in [0.29, 0.717) is 44.2 Å². The molecule has 0 aliphatic carbocycles. The second-order valence-corrected chi connectivity index (χ2v) is 7.55. The van der Waals surface area contributed by atoms with E-state index in [1.807, 2.05) is 6.07 Å². The lowest BCUT2D eigenvalue weighted by Crippen LogP contribution is -1.99. The minimum atomic E-state index is -0.322. The number of hydrogen-bond acceptors (Lipinski definition) is 5. The lowest BCUT2D eigenvalue weighted by Gasteiger charge is -2.14. The molecular formula is C25H21BrFNO4. The molecule has 5 nitrogen and oxygen atoms in total. The van der Waals surface area contributed by atoms with Crippen LogP contribution in [-0.2, 0) is 6.61 Å². The molecule has 0 aliphatic rings. The summed E-state index contributed by atoms with van der Waals surface area (Å²) in [6.07, 6.45) is 1.74. The zero-order chi connectivity index (χ0) is 23.1. The van der Waals surface area contributed by atoms with Gasteiger partial charge in [-0.1, -0.05) is 12.1 Å². The molecule has 0 aliphatic heterocycles. The maximum absolute atomic E-state index is 13.4. The molecule has 0 unspecified atom stereocenters. The first-order valence-electron chi connectivity index (χ1n) is 9.58. The van der Waals surface area contributed by atoms with E-state index >= 15 is 0 Å². The number of ether oxygens (including phenoxy) is 4. The zero-order valence-electron chi connectivity index (χ0n) is 17.8. The van der Waals surface area contributed by atoms with Gasteiger partial charge in [0.15, 0.2) is 23.0 Å². The van der Waals surface area contributed by atoms with Crippen LogP contribution in [0.1, 0.15) is 16.7 Å². The minimum Gasteiger partial charge on any atom is -0.493 e. The Labute approximate surface area is 194 Å². The summed E-state index contributed by atoms with van der Waals surface area (Å²) in [6, 6.07) is 17.3. The number of benzene rings is 3. The SMILES string of the molecule is COc1ccc(/C(C#N)=C/c2cc(Br)c(OCc3cccc(F)c3)c(OC)c2)cc1OC. The molecule has 0 amide bonds. The molecule has 0 saturated heterocycles. The van der Waals surface area contributed by atoms with Crippen molar-refractivity contribution in [2.45, 2.75) is 6.61 Å². The van der Waals surface area contributed by atoms with Crippen molar-refractivity contribution >= 4 is 27.6 Å². The highest BCUT2D eigenvalue weighted by Crippen LogP contribution is 2.38. The Bertz CT molecular complexity index is 1190. The first-order valence-corrected chi connectivity index (χ1v) is 10.4. The van der Waals surface area contributed by atoms with Gasteiger partial charge in [0, 0.05) is 0 Å². The standard InChI is InChI=1S/C25H21BrFNO4/c1-29-22-8-7-18(13-23(22)30-2)19(14-28)9-17-11-21(26)25(24(12-17)31-3)32-15-16-5-4-6-20(27)10-16/h4-13H,15H2,1-3H3/b19-9+. The normalized spacial score (nSPS) is 10.9. The maximum atomic E-state index is 13.4. The van der Waals surface area contributed by atoms with Gasteiger partial charge >= 0.3 is 0 Å². The van der Waals surface area contributed by atoms with Crippen LogP contribution < -0.4 is 18.9 Å². The van der Waals surface area contributed by atoms with Crippen molar-refractivity contribution in [2.75, 3.05) is 21.3 Å². The smallest absolute Gasteiger partial charge is 0.175 e. The molecule has 0 fully saturated rings. The van der Waals surface area contributed by atoms with Crippen LogP contribution in [-0.4, -0.2) is 21.3 Å². The summed E-state index contributed by atoms with van der Waals surface area (Å²) in [4.78, 5) is 0. The number of methoxy groups -OCH3 is 3. The zero-order valence-corrected chi connectivity index (χ0v) is 19.4. The summed E-state index contributed by atoms with van der Waals surface area (Å²) >= 11 is 3.51. The number of allylic oxidation sites excluding steroid dienone is 1. The predicted molar refractivity (Wildman–Crippen MR) is 124 cm³/mol. The van der Waals surface area contributed by atoms with Crippen LogP contribution in [0.5, 0.6) is 23.0 Å². The molecule has 32 heavy (non-hydrogen) atoms. The highest BCUT2D eigenvalue weighted by molar-refractivity contribution is 9.10. The first-order chi connectivity index (χ1) is 15.5. The van der Waals surface area contributed by atoms with Gasteiger partial charge in [0.1, 0.15) is 12.4 Å². The molecule has 0 saturated carbocycles. The number of hydrogen-bond donors (Lipinski definition) is 0. The summed E-state index contributed by atoms with van der Waals surface area (Å²) in [6.45, 7) is 0.178. The quantitative estimate of drug-likeness (QED) is 0.271. The third kappa shape index (κ3) is 5.40. The van der Waals surface area contributed by atoms with Crippen molar-refractivity contribution in [1.29, 1.82) is 5.26 Å². The van der Waals surface area contributed by atoms with Crippen molar-refractivity contribution < 1.29 is 23.3 Å². The first kappa shape index (κ1) is 23.2. The van der Waals surface area contributed by atoms with Crippen molar-refractivity contribution in [3.63, 3.8) is 0 Å². The van der Waals surface area contributed by atoms with E-state index in [-0.39, 0.29) is 12.4 Å². The minimum absolute atomic E-state index is 0.178. The molecule has 0 atom stereocenters. The molecule has 0 bridgehead atoms. The van der Waals surface area contributed by atoms with Crippen LogP contribution in [0.2, 0.25) is 0 Å². The van der Waals surface area contributed by atoms with E-state index in [4.69, 9.17) is 18.9 Å². The molecule has 0 heterocycles. The second kappa shape index (κ2) is 10.7. The Morgan fingerprint density at radius 2 is 1.72 bits per heavy atom. The summed E-state index contributed by atoms with van der Waals surface area (Å²) < 4.78 is 36.0. The van der Waals surface area contributed by atoms with E-state index in [9.17, 15) is 9.65 Å². The lowest BCUT2D eigenvalue weighted by molar-refractivity contribution is 0.282. The Morgan fingerprint density at radius 3 is 2.38 bits per heavy atom. The number of rotatable bonds is 8. The average molecular weight is 498 g/mol. The van der Waals surface area contributed by atoms with Gasteiger partial charge in [0.25, 0.3) is 0 Å². The van der Waals surface area contributed by atoms with Crippen molar-refractivity contribution in [2.24, 2.45) is 0 Å². The molecule has 3 rings (SSSR count). The van der Waals surface area contributed by atoms with Gasteiger partial charge in [0.2, 0.25) is 0 Å². The molecule has 3 aromatic rings. The fourth-order valence-corrected chi connectivity index (χ4v) is 3.67. The van der Waals surface area contributed by atoms with E-state index < -0.39 is 0 Å². The average Bonchev–Trinajstić information content (AvgIpc) is 2.81. The topological polar surface area (TPSA) is 60.7 Å². The fraction of sp³-hybridized carbons (Fsp3) is 0.160. The summed E-state index contributed by atoms with van der Waals surface area (Å²) in [5.74, 6) is 1.76. The van der Waals surface area contributed by atoms with E-state index in [1.54, 1.807) is 56.7 Å². The molecule has 164 valence electrons. The summed E-state index contributed by atoms with van der Waals surface area (Å²) in [5.41, 5.74) is 2.56. The van der Waals surface area contributed by atoms with Gasteiger partial charge in [-0.25, -0.2) is 4.39 Å². The van der Waals surface area contributed by atoms with Crippen LogP contribution in [0.25, 0.3) is 11.6 Å². The Hall–Kier alpha value is -3.50. The van der Waals surface area contributed by atoms with Crippen molar-refractivity contribution in [1.82, 2.24) is 0 Å². The lowest BCUT2D eigenvalue weighted by atomic mass is 10.0. The third-order valence-electron chi connectivity index (χ3n) is 4.65. The number of nitrogens with zero attached hydrogens (tertiary/aromatic N) is 1. The van der Waals surface area contributed by atoms with Crippen molar-refractivity contribution in [3.05, 3.63) is 81.6 Å². The predicted octanol–water partition coefficient (Wildman–Crippen LogP) is 6.26. The van der Waals surface area contributed by atoms with Crippen LogP contribution in [0.4, 0.5) is 4.39 Å². The van der Waals surface area contributed by atoms with E-state index in [2.05, 4.69) is 22.0 Å². The molecule has 0 N–H and O–H groups in total. The van der Waals surface area contributed by atoms with Gasteiger partial charge in [-0.05, 0) is 81.2 Å². The Kier molecular flexibility index (Phi) is 7.74. The molecule has 3 aromatic carbocycles. The number of nitriles is 1. The summed E-state index contributed by atoms with van der Waals surface area (Å²) in [5, 5.41) is 9.73. The van der Waals surface area contributed by atoms with Crippen LogP contribution in [0.3, 0.4) is 0 Å². The van der Waals surface area contributed by atoms with Gasteiger partial charge < -0.3 is 18.9 Å². The Balaban J connectivity index is 1.91. The van der Waals surface area contributed by atoms with Gasteiger partial charge in [-0.2, -0.15) is 5.26 Å². The number of halogens is 2.